The fourth-order valence-electron chi connectivity index (χ4n) is 2.84. The van der Waals surface area contributed by atoms with E-state index in [9.17, 15) is 18.4 Å². The highest BCUT2D eigenvalue weighted by Crippen LogP contribution is 2.22. The molecule has 0 atom stereocenters. The molecular formula is C20H18F2N4O3. The maximum atomic E-state index is 14.1. The van der Waals surface area contributed by atoms with Gasteiger partial charge in [-0.1, -0.05) is 0 Å². The van der Waals surface area contributed by atoms with Crippen molar-refractivity contribution in [2.24, 2.45) is 5.73 Å². The zero-order valence-corrected chi connectivity index (χ0v) is 15.7. The molecule has 0 spiro atoms. The van der Waals surface area contributed by atoms with Gasteiger partial charge in [-0.25, -0.2) is 13.5 Å². The molecule has 3 rings (SSSR count). The van der Waals surface area contributed by atoms with Crippen molar-refractivity contribution in [2.75, 3.05) is 11.9 Å². The summed E-state index contributed by atoms with van der Waals surface area (Å²) in [7, 11) is 0. The first-order valence-corrected chi connectivity index (χ1v) is 8.60. The topological polar surface area (TPSA) is 99.2 Å². The average Bonchev–Trinajstić information content (AvgIpc) is 2.95. The quantitative estimate of drug-likeness (QED) is 0.665. The molecule has 0 aliphatic rings. The van der Waals surface area contributed by atoms with E-state index in [0.717, 1.165) is 12.1 Å². The Morgan fingerprint density at radius 2 is 1.83 bits per heavy atom. The number of ether oxygens (including phenoxy) is 1. The molecule has 0 fully saturated rings. The van der Waals surface area contributed by atoms with Gasteiger partial charge in [-0.15, -0.1) is 0 Å². The van der Waals surface area contributed by atoms with Gasteiger partial charge >= 0.3 is 0 Å². The Labute approximate surface area is 165 Å². The molecule has 0 unspecified atom stereocenters. The number of amides is 2. The molecule has 1 heterocycles. The van der Waals surface area contributed by atoms with Gasteiger partial charge in [0.15, 0.2) is 12.4 Å². The number of carbonyl (C=O) groups is 2. The van der Waals surface area contributed by atoms with Crippen molar-refractivity contribution in [3.05, 3.63) is 71.1 Å². The summed E-state index contributed by atoms with van der Waals surface area (Å²) < 4.78 is 33.7. The van der Waals surface area contributed by atoms with Crippen LogP contribution in [0.1, 0.15) is 21.7 Å². The average molecular weight is 400 g/mol. The number of nitrogens with one attached hydrogen (secondary N) is 1. The smallest absolute Gasteiger partial charge is 0.259 e. The lowest BCUT2D eigenvalue weighted by Crippen LogP contribution is -2.20. The van der Waals surface area contributed by atoms with Crippen LogP contribution < -0.4 is 15.8 Å². The zero-order chi connectivity index (χ0) is 21.1. The van der Waals surface area contributed by atoms with Gasteiger partial charge in [-0.2, -0.15) is 5.10 Å². The van der Waals surface area contributed by atoms with Gasteiger partial charge in [0.05, 0.1) is 17.0 Å². The van der Waals surface area contributed by atoms with Crippen LogP contribution in [0.25, 0.3) is 5.69 Å². The van der Waals surface area contributed by atoms with Gasteiger partial charge in [0.1, 0.15) is 17.3 Å². The van der Waals surface area contributed by atoms with Gasteiger partial charge in [0.2, 0.25) is 0 Å². The normalized spacial score (nSPS) is 10.6. The molecule has 1 aromatic heterocycles. The number of primary amides is 1. The van der Waals surface area contributed by atoms with Gasteiger partial charge in [-0.05, 0) is 50.2 Å². The summed E-state index contributed by atoms with van der Waals surface area (Å²) in [6, 6.07) is 9.50. The maximum Gasteiger partial charge on any atom is 0.259 e. The predicted molar refractivity (Wildman–Crippen MR) is 102 cm³/mol. The Hall–Kier alpha value is -3.75. The van der Waals surface area contributed by atoms with Gasteiger partial charge < -0.3 is 15.8 Å². The molecule has 3 aromatic rings. The number of nitrogens with two attached hydrogens (primary N) is 1. The van der Waals surface area contributed by atoms with E-state index in [4.69, 9.17) is 10.5 Å². The largest absolute Gasteiger partial charge is 0.484 e. The summed E-state index contributed by atoms with van der Waals surface area (Å²) >= 11 is 0. The fraction of sp³-hybridized carbons (Fsp3) is 0.150. The zero-order valence-electron chi connectivity index (χ0n) is 15.7. The number of hydrogen-bond acceptors (Lipinski definition) is 4. The van der Waals surface area contributed by atoms with E-state index in [1.807, 2.05) is 0 Å². The van der Waals surface area contributed by atoms with Crippen LogP contribution in [-0.4, -0.2) is 28.2 Å². The molecule has 0 radical (unpaired) electrons. The monoisotopic (exact) mass is 400 g/mol. The number of aryl methyl sites for hydroxylation is 1. The first-order chi connectivity index (χ1) is 13.8. The summed E-state index contributed by atoms with van der Waals surface area (Å²) in [6.45, 7) is 3.00. The number of carbonyl (C=O) groups excluding carboxylic acids is 2. The number of rotatable bonds is 6. The molecule has 0 bridgehead atoms. The highest BCUT2D eigenvalue weighted by Gasteiger charge is 2.21. The van der Waals surface area contributed by atoms with Gasteiger partial charge in [0, 0.05) is 11.8 Å². The van der Waals surface area contributed by atoms with Gasteiger partial charge in [-0.3, -0.25) is 9.59 Å². The third-order valence-corrected chi connectivity index (χ3v) is 4.15. The lowest BCUT2D eigenvalue weighted by atomic mass is 10.1. The first kappa shape index (κ1) is 20.0. The highest BCUT2D eigenvalue weighted by molar-refractivity contribution is 6.06. The third kappa shape index (κ3) is 4.40. The molecule has 3 N–H and O–H groups in total. The summed E-state index contributed by atoms with van der Waals surface area (Å²) in [5.74, 6) is -2.08. The molecule has 150 valence electrons. The minimum atomic E-state index is -0.783. The predicted octanol–water partition coefficient (Wildman–Crippen LogP) is 2.88. The fourth-order valence-corrected chi connectivity index (χ4v) is 2.84. The molecule has 0 aliphatic carbocycles. The Bertz CT molecular complexity index is 1080. The number of halogens is 2. The van der Waals surface area contributed by atoms with Crippen molar-refractivity contribution in [3.63, 3.8) is 0 Å². The molecule has 0 aliphatic heterocycles. The first-order valence-electron chi connectivity index (χ1n) is 8.60. The van der Waals surface area contributed by atoms with Crippen molar-refractivity contribution in [1.82, 2.24) is 9.78 Å². The molecule has 29 heavy (non-hydrogen) atoms. The van der Waals surface area contributed by atoms with Crippen LogP contribution in [0.3, 0.4) is 0 Å². The van der Waals surface area contributed by atoms with E-state index in [1.165, 1.54) is 10.7 Å². The minimum absolute atomic E-state index is 0.0435. The molecular weight excluding hydrogens is 382 g/mol. The summed E-state index contributed by atoms with van der Waals surface area (Å²) in [5, 5.41) is 6.95. The number of anilines is 1. The Morgan fingerprint density at radius 3 is 2.45 bits per heavy atom. The van der Waals surface area contributed by atoms with Crippen LogP contribution in [-0.2, 0) is 4.79 Å². The van der Waals surface area contributed by atoms with E-state index in [2.05, 4.69) is 10.4 Å². The highest BCUT2D eigenvalue weighted by atomic mass is 19.1. The SMILES string of the molecule is Cc1nn(-c2ccc(F)cc2F)c(C)c1C(=O)Nc1ccc(OCC(N)=O)cc1. The Kier molecular flexibility index (Phi) is 5.58. The van der Waals surface area contributed by atoms with Crippen molar-refractivity contribution < 1.29 is 23.1 Å². The van der Waals surface area contributed by atoms with Crippen LogP contribution in [0.4, 0.5) is 14.5 Å². The van der Waals surface area contributed by atoms with Crippen molar-refractivity contribution in [2.45, 2.75) is 13.8 Å². The second kappa shape index (κ2) is 8.09. The molecule has 9 heteroatoms. The van der Waals surface area contributed by atoms with E-state index in [1.54, 1.807) is 38.1 Å². The van der Waals surface area contributed by atoms with Crippen LogP contribution in [0.2, 0.25) is 0 Å². The Balaban J connectivity index is 1.81. The summed E-state index contributed by atoms with van der Waals surface area (Å²) in [4.78, 5) is 23.5. The maximum absolute atomic E-state index is 14.1. The van der Waals surface area contributed by atoms with Crippen LogP contribution in [0.5, 0.6) is 5.75 Å². The van der Waals surface area contributed by atoms with Crippen molar-refractivity contribution >= 4 is 17.5 Å². The Morgan fingerprint density at radius 1 is 1.14 bits per heavy atom. The minimum Gasteiger partial charge on any atom is -0.484 e. The molecule has 2 aromatic carbocycles. The standard InChI is InChI=1S/C20H18F2N4O3/c1-11-19(12(2)26(25-11)17-8-3-13(21)9-16(17)22)20(28)24-14-4-6-15(7-5-14)29-10-18(23)27/h3-9H,10H2,1-2H3,(H2,23,27)(H,24,28). The second-order valence-electron chi connectivity index (χ2n) is 6.29. The molecule has 7 nitrogen and oxygen atoms in total. The summed E-state index contributed by atoms with van der Waals surface area (Å²) in [6.07, 6.45) is 0. The molecule has 0 saturated heterocycles. The van der Waals surface area contributed by atoms with E-state index >= 15 is 0 Å². The van der Waals surface area contributed by atoms with Crippen LogP contribution in [0.15, 0.2) is 42.5 Å². The second-order valence-corrected chi connectivity index (χ2v) is 6.29. The lowest BCUT2D eigenvalue weighted by Gasteiger charge is -2.09. The van der Waals surface area contributed by atoms with E-state index < -0.39 is 23.4 Å². The van der Waals surface area contributed by atoms with Crippen molar-refractivity contribution in [3.8, 4) is 11.4 Å². The van der Waals surface area contributed by atoms with Gasteiger partial charge in [0.25, 0.3) is 11.8 Å². The van der Waals surface area contributed by atoms with Crippen molar-refractivity contribution in [1.29, 1.82) is 0 Å². The third-order valence-electron chi connectivity index (χ3n) is 4.15. The lowest BCUT2D eigenvalue weighted by molar-refractivity contribution is -0.119. The number of hydrogen-bond donors (Lipinski definition) is 2. The molecule has 0 saturated carbocycles. The van der Waals surface area contributed by atoms with Crippen LogP contribution in [0, 0.1) is 25.5 Å². The number of nitrogens with zero attached hydrogens (tertiary/aromatic N) is 2. The van der Waals surface area contributed by atoms with Crippen LogP contribution >= 0.6 is 0 Å². The number of benzene rings is 2. The van der Waals surface area contributed by atoms with E-state index in [-0.39, 0.29) is 17.9 Å². The van der Waals surface area contributed by atoms with E-state index in [0.29, 0.717) is 22.8 Å². The number of aromatic nitrogens is 2. The summed E-state index contributed by atoms with van der Waals surface area (Å²) in [5.41, 5.74) is 6.63. The molecule has 2 amide bonds.